The zero-order valence-electron chi connectivity index (χ0n) is 12.9. The molecule has 1 aliphatic rings. The number of anilines is 1. The monoisotopic (exact) mass is 359 g/mol. The van der Waals surface area contributed by atoms with Gasteiger partial charge in [-0.05, 0) is 31.2 Å². The smallest absolute Gasteiger partial charge is 0.339 e. The zero-order chi connectivity index (χ0) is 17.3. The Kier molecular flexibility index (Phi) is 4.55. The van der Waals surface area contributed by atoms with Crippen LogP contribution in [0.5, 0.6) is 0 Å². The van der Waals surface area contributed by atoms with E-state index in [0.29, 0.717) is 20.7 Å². The Morgan fingerprint density at radius 1 is 1.29 bits per heavy atom. The van der Waals surface area contributed by atoms with Crippen LogP contribution in [0.3, 0.4) is 0 Å². The fraction of sp³-hybridized carbons (Fsp3) is 0.118. The normalized spacial score (nSPS) is 16.1. The Hall–Kier alpha value is -2.38. The number of carbonyl (C=O) groups excluding carboxylic acids is 2. The van der Waals surface area contributed by atoms with E-state index in [0.717, 1.165) is 5.76 Å². The first-order chi connectivity index (χ1) is 11.5. The van der Waals surface area contributed by atoms with Gasteiger partial charge in [0.25, 0.3) is 5.91 Å². The molecule has 1 aliphatic heterocycles. The fourth-order valence-electron chi connectivity index (χ4n) is 2.29. The van der Waals surface area contributed by atoms with Gasteiger partial charge in [-0.15, -0.1) is 0 Å². The quantitative estimate of drug-likeness (QED) is 0.472. The summed E-state index contributed by atoms with van der Waals surface area (Å²) in [6, 6.07) is 10.3. The Balaban J connectivity index is 1.99. The number of thiocarbonyl (C=S) groups is 1. The zero-order valence-corrected chi connectivity index (χ0v) is 14.6. The van der Waals surface area contributed by atoms with Gasteiger partial charge in [0.1, 0.15) is 11.5 Å². The summed E-state index contributed by atoms with van der Waals surface area (Å²) in [4.78, 5) is 26.5. The van der Waals surface area contributed by atoms with Crippen molar-refractivity contribution in [2.45, 2.75) is 6.92 Å². The average Bonchev–Trinajstić information content (AvgIpc) is 3.10. The summed E-state index contributed by atoms with van der Waals surface area (Å²) < 4.78 is 10.6. The first kappa shape index (κ1) is 16.5. The molecule has 122 valence electrons. The van der Waals surface area contributed by atoms with Gasteiger partial charge in [-0.3, -0.25) is 9.69 Å². The molecule has 0 N–H and O–H groups in total. The SMILES string of the molecule is COC(=O)c1ccccc1N1C(=O)/C(=C\c2ccc(C)o2)SC1=S. The first-order valence-corrected chi connectivity index (χ1v) is 8.25. The standard InChI is InChI=1S/C17H13NO4S2/c1-10-7-8-11(22-10)9-14-15(19)18(17(23)24-14)13-6-4-3-5-12(13)16(20)21-2/h3-9H,1-2H3/b14-9+. The molecule has 0 unspecified atom stereocenters. The summed E-state index contributed by atoms with van der Waals surface area (Å²) in [5, 5.41) is 0. The third-order valence-electron chi connectivity index (χ3n) is 3.38. The second-order valence-corrected chi connectivity index (χ2v) is 6.65. The van der Waals surface area contributed by atoms with Crippen molar-refractivity contribution in [1.29, 1.82) is 0 Å². The number of rotatable bonds is 3. The van der Waals surface area contributed by atoms with Crippen molar-refractivity contribution in [3.8, 4) is 0 Å². The number of carbonyl (C=O) groups is 2. The van der Waals surface area contributed by atoms with Gasteiger partial charge in [0.2, 0.25) is 0 Å². The number of benzene rings is 1. The Bertz CT molecular complexity index is 869. The molecule has 0 radical (unpaired) electrons. The van der Waals surface area contributed by atoms with Gasteiger partial charge in [0.05, 0.1) is 23.3 Å². The van der Waals surface area contributed by atoms with Gasteiger partial charge >= 0.3 is 5.97 Å². The molecule has 1 fully saturated rings. The molecule has 5 nitrogen and oxygen atoms in total. The van der Waals surface area contributed by atoms with Crippen molar-refractivity contribution in [2.75, 3.05) is 12.0 Å². The van der Waals surface area contributed by atoms with E-state index >= 15 is 0 Å². The summed E-state index contributed by atoms with van der Waals surface area (Å²) in [5.41, 5.74) is 0.692. The number of para-hydroxylation sites is 1. The number of hydrogen-bond acceptors (Lipinski definition) is 6. The number of nitrogens with zero attached hydrogens (tertiary/aromatic N) is 1. The van der Waals surface area contributed by atoms with Gasteiger partial charge in [0.15, 0.2) is 4.32 Å². The fourth-order valence-corrected chi connectivity index (χ4v) is 3.55. The van der Waals surface area contributed by atoms with Crippen molar-refractivity contribution >= 4 is 51.9 Å². The van der Waals surface area contributed by atoms with Gasteiger partial charge in [-0.25, -0.2) is 4.79 Å². The van der Waals surface area contributed by atoms with Crippen molar-refractivity contribution < 1.29 is 18.7 Å². The van der Waals surface area contributed by atoms with Gasteiger partial charge < -0.3 is 9.15 Å². The maximum Gasteiger partial charge on any atom is 0.339 e. The summed E-state index contributed by atoms with van der Waals surface area (Å²) in [7, 11) is 1.29. The molecule has 0 saturated carbocycles. The van der Waals surface area contributed by atoms with E-state index in [9.17, 15) is 9.59 Å². The van der Waals surface area contributed by atoms with E-state index < -0.39 is 5.97 Å². The van der Waals surface area contributed by atoms with Crippen molar-refractivity contribution in [2.24, 2.45) is 0 Å². The molecular formula is C17H13NO4S2. The summed E-state index contributed by atoms with van der Waals surface area (Å²) >= 11 is 6.49. The Morgan fingerprint density at radius 3 is 2.71 bits per heavy atom. The predicted molar refractivity (Wildman–Crippen MR) is 96.9 cm³/mol. The number of furan rings is 1. The molecule has 2 heterocycles. The molecular weight excluding hydrogens is 346 g/mol. The molecule has 3 rings (SSSR count). The lowest BCUT2D eigenvalue weighted by Crippen LogP contribution is -2.29. The van der Waals surface area contributed by atoms with E-state index in [1.807, 2.05) is 13.0 Å². The minimum atomic E-state index is -0.523. The van der Waals surface area contributed by atoms with E-state index in [2.05, 4.69) is 0 Å². The Labute approximate surface area is 148 Å². The van der Waals surface area contributed by atoms with Crippen LogP contribution in [0.15, 0.2) is 45.7 Å². The van der Waals surface area contributed by atoms with Crippen LogP contribution in [0, 0.1) is 6.92 Å². The van der Waals surface area contributed by atoms with Crippen molar-refractivity contribution in [3.63, 3.8) is 0 Å². The van der Waals surface area contributed by atoms with Crippen LogP contribution in [0.25, 0.3) is 6.08 Å². The molecule has 1 saturated heterocycles. The highest BCUT2D eigenvalue weighted by molar-refractivity contribution is 8.27. The third-order valence-corrected chi connectivity index (χ3v) is 4.68. The average molecular weight is 359 g/mol. The lowest BCUT2D eigenvalue weighted by Gasteiger charge is -2.17. The number of amides is 1. The maximum absolute atomic E-state index is 12.7. The minimum absolute atomic E-state index is 0.284. The lowest BCUT2D eigenvalue weighted by atomic mass is 10.1. The summed E-state index contributed by atoms with van der Waals surface area (Å²) in [6.45, 7) is 1.83. The Morgan fingerprint density at radius 2 is 2.04 bits per heavy atom. The van der Waals surface area contributed by atoms with E-state index in [4.69, 9.17) is 21.4 Å². The van der Waals surface area contributed by atoms with Crippen LogP contribution in [-0.2, 0) is 9.53 Å². The maximum atomic E-state index is 12.7. The van der Waals surface area contributed by atoms with E-state index in [1.54, 1.807) is 36.4 Å². The second kappa shape index (κ2) is 6.62. The predicted octanol–water partition coefficient (Wildman–Crippen LogP) is 3.78. The molecule has 7 heteroatoms. The molecule has 1 aromatic carbocycles. The molecule has 0 atom stereocenters. The highest BCUT2D eigenvalue weighted by atomic mass is 32.2. The van der Waals surface area contributed by atoms with Crippen molar-refractivity contribution in [1.82, 2.24) is 0 Å². The summed E-state index contributed by atoms with van der Waals surface area (Å²) in [5.74, 6) is 0.516. The minimum Gasteiger partial charge on any atom is -0.465 e. The number of ether oxygens (including phenoxy) is 1. The molecule has 1 amide bonds. The van der Waals surface area contributed by atoms with Crippen LogP contribution >= 0.6 is 24.0 Å². The van der Waals surface area contributed by atoms with Crippen LogP contribution < -0.4 is 4.90 Å². The molecule has 0 spiro atoms. The number of methoxy groups -OCH3 is 1. The second-order valence-electron chi connectivity index (χ2n) is 4.97. The van der Waals surface area contributed by atoms with Crippen LogP contribution in [0.4, 0.5) is 5.69 Å². The number of aryl methyl sites for hydroxylation is 1. The van der Waals surface area contributed by atoms with E-state index in [-0.39, 0.29) is 11.5 Å². The van der Waals surface area contributed by atoms with Gasteiger partial charge in [-0.2, -0.15) is 0 Å². The molecule has 0 aliphatic carbocycles. The molecule has 2 aromatic rings. The summed E-state index contributed by atoms with van der Waals surface area (Å²) in [6.07, 6.45) is 1.65. The molecule has 0 bridgehead atoms. The topological polar surface area (TPSA) is 59.8 Å². The number of hydrogen-bond donors (Lipinski definition) is 0. The largest absolute Gasteiger partial charge is 0.465 e. The molecule has 24 heavy (non-hydrogen) atoms. The van der Waals surface area contributed by atoms with Crippen LogP contribution in [0.1, 0.15) is 21.9 Å². The third kappa shape index (κ3) is 3.00. The van der Waals surface area contributed by atoms with Crippen LogP contribution in [-0.4, -0.2) is 23.3 Å². The van der Waals surface area contributed by atoms with Gasteiger partial charge in [0, 0.05) is 6.08 Å². The number of esters is 1. The highest BCUT2D eigenvalue weighted by Crippen LogP contribution is 2.37. The first-order valence-electron chi connectivity index (χ1n) is 7.03. The van der Waals surface area contributed by atoms with Gasteiger partial charge in [-0.1, -0.05) is 36.1 Å². The van der Waals surface area contributed by atoms with Crippen LogP contribution in [0.2, 0.25) is 0 Å². The van der Waals surface area contributed by atoms with E-state index in [1.165, 1.54) is 23.8 Å². The number of thioether (sulfide) groups is 1. The highest BCUT2D eigenvalue weighted by Gasteiger charge is 2.35. The van der Waals surface area contributed by atoms with Crippen molar-refractivity contribution in [3.05, 3.63) is 58.4 Å². The lowest BCUT2D eigenvalue weighted by molar-refractivity contribution is -0.113. The molecule has 1 aromatic heterocycles.